The predicted octanol–water partition coefficient (Wildman–Crippen LogP) is 2.92. The lowest BCUT2D eigenvalue weighted by atomic mass is 10.1. The second kappa shape index (κ2) is 8.81. The van der Waals surface area contributed by atoms with E-state index in [1.54, 1.807) is 13.8 Å². The van der Waals surface area contributed by atoms with Gasteiger partial charge in [-0.2, -0.15) is 17.5 Å². The first-order valence-electron chi connectivity index (χ1n) is 9.37. The smallest absolute Gasteiger partial charge is 0.373 e. The molecule has 2 atom stereocenters. The number of halogens is 3. The first-order chi connectivity index (χ1) is 14.8. The minimum atomic E-state index is -4.78. The molecule has 2 aromatic rings. The lowest BCUT2D eigenvalue weighted by Crippen LogP contribution is -2.47. The van der Waals surface area contributed by atoms with Crippen LogP contribution in [0.4, 0.5) is 18.2 Å². The van der Waals surface area contributed by atoms with Crippen LogP contribution in [-0.4, -0.2) is 49.8 Å². The zero-order valence-corrected chi connectivity index (χ0v) is 18.6. The third-order valence-corrected chi connectivity index (χ3v) is 7.99. The largest absolute Gasteiger partial charge is 0.417 e. The molecule has 0 aliphatic carbocycles. The molecule has 1 saturated heterocycles. The summed E-state index contributed by atoms with van der Waals surface area (Å²) < 4.78 is 72.3. The summed E-state index contributed by atoms with van der Waals surface area (Å²) in [5.41, 5.74) is 3.15. The minimum absolute atomic E-state index is 0.0805. The molecule has 3 rings (SSSR count). The Morgan fingerprint density at radius 3 is 2.31 bits per heavy atom. The summed E-state index contributed by atoms with van der Waals surface area (Å²) in [5.74, 6) is -2.19. The van der Waals surface area contributed by atoms with Crippen molar-refractivity contribution in [2.45, 2.75) is 36.4 Å². The van der Waals surface area contributed by atoms with Crippen molar-refractivity contribution in [2.24, 2.45) is 5.73 Å². The van der Waals surface area contributed by atoms with E-state index in [2.05, 4.69) is 5.32 Å². The number of carbonyl (C=O) groups excluding carboxylic acids is 2. The van der Waals surface area contributed by atoms with Crippen LogP contribution >= 0.6 is 11.3 Å². The van der Waals surface area contributed by atoms with Gasteiger partial charge in [0, 0.05) is 13.1 Å². The Morgan fingerprint density at radius 1 is 1.16 bits per heavy atom. The fourth-order valence-electron chi connectivity index (χ4n) is 3.32. The highest BCUT2D eigenvalue weighted by Crippen LogP contribution is 2.36. The van der Waals surface area contributed by atoms with Gasteiger partial charge in [0.15, 0.2) is 0 Å². The number of morpholine rings is 1. The molecule has 2 amide bonds. The van der Waals surface area contributed by atoms with Crippen molar-refractivity contribution < 1.29 is 35.9 Å². The second-order valence-electron chi connectivity index (χ2n) is 7.25. The molecular weight excluding hydrogens is 471 g/mol. The number of nitrogens with two attached hydrogens (primary N) is 1. The molecule has 2 heterocycles. The molecule has 1 aliphatic rings. The van der Waals surface area contributed by atoms with Crippen molar-refractivity contribution in [3.63, 3.8) is 0 Å². The van der Waals surface area contributed by atoms with Crippen LogP contribution in [0.5, 0.6) is 0 Å². The highest BCUT2D eigenvalue weighted by Gasteiger charge is 2.36. The van der Waals surface area contributed by atoms with Gasteiger partial charge in [0.25, 0.3) is 21.8 Å². The standard InChI is InChI=1S/C19H20F3N3O5S2/c1-10-8-25(9-11(2)30-10)32(28,29)15-7-13(16(23)26)18(31-15)24-17(27)12-5-3-4-6-14(12)19(20,21)22/h3-7,10-11H,8-9H2,1-2H3,(H2,23,26)(H,24,27). The summed E-state index contributed by atoms with van der Waals surface area (Å²) in [5, 5.41) is 1.95. The number of sulfonamides is 1. The van der Waals surface area contributed by atoms with Crippen LogP contribution < -0.4 is 11.1 Å². The lowest BCUT2D eigenvalue weighted by molar-refractivity contribution is -0.137. The van der Waals surface area contributed by atoms with Gasteiger partial charge in [-0.15, -0.1) is 11.3 Å². The fraction of sp³-hybridized carbons (Fsp3) is 0.368. The van der Waals surface area contributed by atoms with Crippen molar-refractivity contribution in [3.05, 3.63) is 47.0 Å². The number of rotatable bonds is 5. The quantitative estimate of drug-likeness (QED) is 0.667. The van der Waals surface area contributed by atoms with Gasteiger partial charge in [0.1, 0.15) is 9.21 Å². The highest BCUT2D eigenvalue weighted by molar-refractivity contribution is 7.91. The molecule has 13 heteroatoms. The number of nitrogens with one attached hydrogen (secondary N) is 1. The number of carbonyl (C=O) groups is 2. The molecule has 0 bridgehead atoms. The van der Waals surface area contributed by atoms with E-state index in [4.69, 9.17) is 10.5 Å². The van der Waals surface area contributed by atoms with Gasteiger partial charge >= 0.3 is 6.18 Å². The highest BCUT2D eigenvalue weighted by atomic mass is 32.2. The van der Waals surface area contributed by atoms with Gasteiger partial charge in [-0.3, -0.25) is 9.59 Å². The van der Waals surface area contributed by atoms with Crippen molar-refractivity contribution >= 4 is 38.2 Å². The number of anilines is 1. The van der Waals surface area contributed by atoms with Gasteiger partial charge in [-0.1, -0.05) is 12.1 Å². The zero-order chi connectivity index (χ0) is 23.8. The molecular formula is C19H20F3N3O5S2. The van der Waals surface area contributed by atoms with E-state index in [9.17, 15) is 31.2 Å². The Balaban J connectivity index is 1.96. The Hall–Kier alpha value is -2.48. The molecule has 2 unspecified atom stereocenters. The summed E-state index contributed by atoms with van der Waals surface area (Å²) >= 11 is 0.543. The fourth-order valence-corrected chi connectivity index (χ4v) is 6.44. The number of hydrogen-bond acceptors (Lipinski definition) is 6. The molecule has 8 nitrogen and oxygen atoms in total. The van der Waals surface area contributed by atoms with Crippen molar-refractivity contribution in [3.8, 4) is 0 Å². The van der Waals surface area contributed by atoms with E-state index in [0.29, 0.717) is 11.3 Å². The molecule has 1 aromatic carbocycles. The van der Waals surface area contributed by atoms with Crippen LogP contribution in [-0.2, 0) is 20.9 Å². The van der Waals surface area contributed by atoms with Gasteiger partial charge in [-0.25, -0.2) is 8.42 Å². The average Bonchev–Trinajstić information content (AvgIpc) is 3.11. The topological polar surface area (TPSA) is 119 Å². The summed E-state index contributed by atoms with van der Waals surface area (Å²) in [4.78, 5) is 24.4. The molecule has 1 aromatic heterocycles. The molecule has 1 aliphatic heterocycles. The van der Waals surface area contributed by atoms with Gasteiger partial charge < -0.3 is 15.8 Å². The van der Waals surface area contributed by atoms with Crippen molar-refractivity contribution in [2.75, 3.05) is 18.4 Å². The summed E-state index contributed by atoms with van der Waals surface area (Å²) in [6.07, 6.45) is -5.50. The Morgan fingerprint density at radius 2 is 1.75 bits per heavy atom. The van der Waals surface area contributed by atoms with E-state index in [0.717, 1.165) is 24.3 Å². The number of amides is 2. The SMILES string of the molecule is CC1CN(S(=O)(=O)c2cc(C(N)=O)c(NC(=O)c3ccccc3C(F)(F)F)s2)CC(C)O1. The number of hydrogen-bond donors (Lipinski definition) is 2. The van der Waals surface area contributed by atoms with Crippen LogP contribution in [0.1, 0.15) is 40.1 Å². The van der Waals surface area contributed by atoms with Gasteiger partial charge in [-0.05, 0) is 32.0 Å². The third kappa shape index (κ3) is 4.95. The predicted molar refractivity (Wildman–Crippen MR) is 111 cm³/mol. The number of nitrogens with zero attached hydrogens (tertiary/aromatic N) is 1. The molecule has 3 N–H and O–H groups in total. The molecule has 1 fully saturated rings. The lowest BCUT2D eigenvalue weighted by Gasteiger charge is -2.34. The van der Waals surface area contributed by atoms with Crippen LogP contribution in [0.2, 0.25) is 0 Å². The Bertz CT molecular complexity index is 1140. The van der Waals surface area contributed by atoms with Crippen molar-refractivity contribution in [1.82, 2.24) is 4.31 Å². The van der Waals surface area contributed by atoms with E-state index >= 15 is 0 Å². The maximum absolute atomic E-state index is 13.2. The maximum Gasteiger partial charge on any atom is 0.417 e. The van der Waals surface area contributed by atoms with Crippen LogP contribution in [0.25, 0.3) is 0 Å². The number of alkyl halides is 3. The molecule has 0 radical (unpaired) electrons. The molecule has 32 heavy (non-hydrogen) atoms. The second-order valence-corrected chi connectivity index (χ2v) is 10.5. The normalized spacial score (nSPS) is 20.2. The third-order valence-electron chi connectivity index (χ3n) is 4.66. The first-order valence-corrected chi connectivity index (χ1v) is 11.6. The van der Waals surface area contributed by atoms with E-state index in [-0.39, 0.29) is 40.1 Å². The molecule has 174 valence electrons. The number of benzene rings is 1. The minimum Gasteiger partial charge on any atom is -0.373 e. The van der Waals surface area contributed by atoms with E-state index < -0.39 is 39.1 Å². The van der Waals surface area contributed by atoms with E-state index in [1.807, 2.05) is 0 Å². The first kappa shape index (κ1) is 24.2. The monoisotopic (exact) mass is 491 g/mol. The number of primary amides is 1. The van der Waals surface area contributed by atoms with Crippen molar-refractivity contribution in [1.29, 1.82) is 0 Å². The number of thiophene rings is 1. The van der Waals surface area contributed by atoms with Crippen LogP contribution in [0.3, 0.4) is 0 Å². The Kier molecular flexibility index (Phi) is 6.65. The van der Waals surface area contributed by atoms with E-state index in [1.165, 1.54) is 10.4 Å². The Labute approximate surface area is 186 Å². The maximum atomic E-state index is 13.2. The number of ether oxygens (including phenoxy) is 1. The van der Waals surface area contributed by atoms with Crippen LogP contribution in [0, 0.1) is 0 Å². The zero-order valence-electron chi connectivity index (χ0n) is 17.0. The van der Waals surface area contributed by atoms with Crippen LogP contribution in [0.15, 0.2) is 34.5 Å². The molecule has 0 saturated carbocycles. The van der Waals surface area contributed by atoms with Gasteiger partial charge in [0.2, 0.25) is 0 Å². The summed E-state index contributed by atoms with van der Waals surface area (Å²) in [6, 6.07) is 5.12. The van der Waals surface area contributed by atoms with Gasteiger partial charge in [0.05, 0.1) is 28.9 Å². The molecule has 0 spiro atoms. The summed E-state index contributed by atoms with van der Waals surface area (Å²) in [7, 11) is -4.06. The summed E-state index contributed by atoms with van der Waals surface area (Å²) in [6.45, 7) is 3.59. The average molecular weight is 492 g/mol.